The molecule has 0 aliphatic heterocycles. The van der Waals surface area contributed by atoms with Crippen LogP contribution in [0, 0.1) is 34.6 Å². The zero-order chi connectivity index (χ0) is 26.4. The van der Waals surface area contributed by atoms with E-state index in [9.17, 15) is 9.59 Å². The summed E-state index contributed by atoms with van der Waals surface area (Å²) in [6, 6.07) is 13.7. The van der Waals surface area contributed by atoms with Crippen molar-refractivity contribution in [2.75, 3.05) is 7.11 Å². The van der Waals surface area contributed by atoms with Crippen LogP contribution in [0.1, 0.15) is 33.4 Å². The Morgan fingerprint density at radius 2 is 1.46 bits per heavy atom. The van der Waals surface area contributed by atoms with E-state index < -0.39 is 11.3 Å². The Bertz CT molecular complexity index is 1780. The molecular weight excluding hydrogens is 468 g/mol. The summed E-state index contributed by atoms with van der Waals surface area (Å²) in [6.07, 6.45) is 0. The maximum atomic E-state index is 12.9. The highest BCUT2D eigenvalue weighted by atomic mass is 16.5. The predicted octanol–water partition coefficient (Wildman–Crippen LogP) is 6.70. The minimum Gasteiger partial charge on any atom is -0.493 e. The van der Waals surface area contributed by atoms with Crippen LogP contribution in [-0.2, 0) is 6.61 Å². The van der Waals surface area contributed by atoms with Gasteiger partial charge in [-0.3, -0.25) is 0 Å². The normalized spacial score (nSPS) is 11.3. The summed E-state index contributed by atoms with van der Waals surface area (Å²) in [4.78, 5) is 25.4. The van der Waals surface area contributed by atoms with E-state index in [1.165, 1.54) is 41.0 Å². The van der Waals surface area contributed by atoms with Gasteiger partial charge in [0.25, 0.3) is 0 Å². The zero-order valence-electron chi connectivity index (χ0n) is 21.8. The van der Waals surface area contributed by atoms with Crippen molar-refractivity contribution >= 4 is 21.9 Å². The van der Waals surface area contributed by atoms with Crippen LogP contribution in [0.2, 0.25) is 0 Å². The highest BCUT2D eigenvalue weighted by molar-refractivity contribution is 5.96. The number of ether oxygens (including phenoxy) is 2. The molecule has 0 fully saturated rings. The van der Waals surface area contributed by atoms with Crippen molar-refractivity contribution < 1.29 is 18.3 Å². The van der Waals surface area contributed by atoms with Crippen LogP contribution < -0.4 is 20.7 Å². The van der Waals surface area contributed by atoms with Gasteiger partial charge < -0.3 is 18.3 Å². The van der Waals surface area contributed by atoms with Crippen LogP contribution in [0.15, 0.2) is 67.0 Å². The molecule has 0 amide bonds. The number of fused-ring (bicyclic) bond motifs is 2. The highest BCUT2D eigenvalue weighted by Crippen LogP contribution is 2.32. The maximum Gasteiger partial charge on any atom is 0.344 e. The number of methoxy groups -OCH3 is 1. The second kappa shape index (κ2) is 9.28. The Balaban J connectivity index is 1.56. The lowest BCUT2D eigenvalue weighted by Gasteiger charge is -2.19. The average Bonchev–Trinajstić information content (AvgIpc) is 2.89. The fourth-order valence-corrected chi connectivity index (χ4v) is 4.87. The molecule has 6 heteroatoms. The molecule has 0 saturated heterocycles. The molecule has 5 rings (SSSR count). The Labute approximate surface area is 214 Å². The topological polar surface area (TPSA) is 78.9 Å². The molecule has 0 N–H and O–H groups in total. The van der Waals surface area contributed by atoms with Crippen molar-refractivity contribution in [1.29, 1.82) is 0 Å². The average molecular weight is 497 g/mol. The zero-order valence-corrected chi connectivity index (χ0v) is 21.8. The summed E-state index contributed by atoms with van der Waals surface area (Å²) in [5.74, 6) is 1.03. The minimum absolute atomic E-state index is 0.268. The molecule has 2 heterocycles. The Morgan fingerprint density at radius 1 is 0.757 bits per heavy atom. The summed E-state index contributed by atoms with van der Waals surface area (Å²) in [7, 11) is 1.52. The fourth-order valence-electron chi connectivity index (χ4n) is 4.87. The molecule has 37 heavy (non-hydrogen) atoms. The van der Waals surface area contributed by atoms with Crippen LogP contribution in [-0.4, -0.2) is 7.11 Å². The van der Waals surface area contributed by atoms with E-state index in [4.69, 9.17) is 18.3 Å². The highest BCUT2D eigenvalue weighted by Gasteiger charge is 2.17. The van der Waals surface area contributed by atoms with Crippen LogP contribution >= 0.6 is 0 Å². The molecule has 0 atom stereocenters. The maximum absolute atomic E-state index is 12.9. The van der Waals surface area contributed by atoms with Crippen LogP contribution in [0.5, 0.6) is 11.5 Å². The number of hydrogen-bond donors (Lipinski definition) is 0. The molecule has 0 spiro atoms. The Hall–Kier alpha value is -4.32. The second-order valence-electron chi connectivity index (χ2n) is 9.36. The van der Waals surface area contributed by atoms with E-state index in [0.29, 0.717) is 45.6 Å². The molecular formula is C31H28O6. The van der Waals surface area contributed by atoms with E-state index in [2.05, 4.69) is 34.6 Å². The van der Waals surface area contributed by atoms with E-state index in [1.54, 1.807) is 24.3 Å². The minimum atomic E-state index is -0.569. The van der Waals surface area contributed by atoms with Crippen molar-refractivity contribution in [1.82, 2.24) is 0 Å². The number of hydrogen-bond acceptors (Lipinski definition) is 6. The van der Waals surface area contributed by atoms with E-state index in [1.807, 2.05) is 18.2 Å². The smallest absolute Gasteiger partial charge is 0.344 e. The molecule has 0 unspecified atom stereocenters. The van der Waals surface area contributed by atoms with Crippen LogP contribution in [0.3, 0.4) is 0 Å². The lowest BCUT2D eigenvalue weighted by Crippen LogP contribution is -2.07. The van der Waals surface area contributed by atoms with Crippen molar-refractivity contribution in [2.24, 2.45) is 0 Å². The first kappa shape index (κ1) is 24.4. The molecule has 6 nitrogen and oxygen atoms in total. The summed E-state index contributed by atoms with van der Waals surface area (Å²) < 4.78 is 22.5. The standard InChI is InChI=1S/C31H28O6/c1-16-17(2)19(4)26(20(5)18(16)3)15-35-22-10-11-23-24(14-29(32)36-28(23)13-22)25-12-21-8-7-9-27(34-6)30(21)37-31(25)33/h7-14H,15H2,1-6H3. The quantitative estimate of drug-likeness (QED) is 0.252. The van der Waals surface area contributed by atoms with Crippen molar-refractivity contribution in [3.63, 3.8) is 0 Å². The molecule has 2 aromatic heterocycles. The van der Waals surface area contributed by atoms with Gasteiger partial charge in [0.1, 0.15) is 17.9 Å². The first-order valence-corrected chi connectivity index (χ1v) is 12.1. The molecule has 0 aliphatic rings. The molecule has 0 bridgehead atoms. The molecule has 0 saturated carbocycles. The second-order valence-corrected chi connectivity index (χ2v) is 9.36. The van der Waals surface area contributed by atoms with Gasteiger partial charge >= 0.3 is 11.3 Å². The first-order valence-electron chi connectivity index (χ1n) is 12.1. The summed E-state index contributed by atoms with van der Waals surface area (Å²) in [5, 5.41) is 1.29. The Morgan fingerprint density at radius 3 is 2.16 bits per heavy atom. The van der Waals surface area contributed by atoms with Crippen molar-refractivity contribution in [2.45, 2.75) is 41.2 Å². The lowest BCUT2D eigenvalue weighted by atomic mass is 9.90. The van der Waals surface area contributed by atoms with Crippen LogP contribution in [0.25, 0.3) is 33.1 Å². The molecule has 0 aliphatic carbocycles. The molecule has 3 aromatic carbocycles. The van der Waals surface area contributed by atoms with Gasteiger partial charge in [-0.2, -0.15) is 0 Å². The first-order chi connectivity index (χ1) is 17.7. The molecule has 0 radical (unpaired) electrons. The summed E-state index contributed by atoms with van der Waals surface area (Å²) in [5.41, 5.74) is 7.67. The number of benzene rings is 3. The largest absolute Gasteiger partial charge is 0.493 e. The fraction of sp³-hybridized carbons (Fsp3) is 0.226. The van der Waals surface area contributed by atoms with Crippen molar-refractivity contribution in [3.8, 4) is 22.6 Å². The van der Waals surface area contributed by atoms with Gasteiger partial charge in [0.05, 0.1) is 12.7 Å². The molecule has 188 valence electrons. The third-order valence-electron chi connectivity index (χ3n) is 7.49. The monoisotopic (exact) mass is 496 g/mol. The van der Waals surface area contributed by atoms with Gasteiger partial charge in [-0.25, -0.2) is 9.59 Å². The van der Waals surface area contributed by atoms with Gasteiger partial charge in [0.15, 0.2) is 11.3 Å². The third kappa shape index (κ3) is 4.18. The number of rotatable bonds is 5. The SMILES string of the molecule is COc1cccc2cc(-c3cc(=O)oc4cc(OCc5c(C)c(C)c(C)c(C)c5C)ccc34)c(=O)oc12. The van der Waals surface area contributed by atoms with Gasteiger partial charge in [-0.15, -0.1) is 0 Å². The lowest BCUT2D eigenvalue weighted by molar-refractivity contribution is 0.304. The van der Waals surface area contributed by atoms with E-state index in [-0.39, 0.29) is 5.56 Å². The van der Waals surface area contributed by atoms with Crippen LogP contribution in [0.4, 0.5) is 0 Å². The van der Waals surface area contributed by atoms with E-state index in [0.717, 1.165) is 5.56 Å². The predicted molar refractivity (Wildman–Crippen MR) is 145 cm³/mol. The van der Waals surface area contributed by atoms with Gasteiger partial charge in [-0.1, -0.05) is 12.1 Å². The van der Waals surface area contributed by atoms with Gasteiger partial charge in [-0.05, 0) is 92.3 Å². The molecule has 5 aromatic rings. The van der Waals surface area contributed by atoms with E-state index >= 15 is 0 Å². The van der Waals surface area contributed by atoms with Gasteiger partial charge in [0, 0.05) is 28.5 Å². The third-order valence-corrected chi connectivity index (χ3v) is 7.49. The number of para-hydroxylation sites is 1. The summed E-state index contributed by atoms with van der Waals surface area (Å²) >= 11 is 0. The van der Waals surface area contributed by atoms with Gasteiger partial charge in [0.2, 0.25) is 0 Å². The summed E-state index contributed by atoms with van der Waals surface area (Å²) in [6.45, 7) is 11.0. The Kier molecular flexibility index (Phi) is 6.12. The van der Waals surface area contributed by atoms with Crippen molar-refractivity contribution in [3.05, 3.63) is 103 Å².